The van der Waals surface area contributed by atoms with Crippen LogP contribution in [0, 0.1) is 0 Å². The Morgan fingerprint density at radius 3 is 2.29 bits per heavy atom. The van der Waals surface area contributed by atoms with Gasteiger partial charge in [0.15, 0.2) is 0 Å². The van der Waals surface area contributed by atoms with Crippen molar-refractivity contribution in [2.45, 2.75) is 31.2 Å². The molecule has 24 heavy (non-hydrogen) atoms. The van der Waals surface area contributed by atoms with Crippen LogP contribution >= 0.6 is 0 Å². The number of halogens is 6. The average molecular weight is 355 g/mol. The van der Waals surface area contributed by atoms with Crippen LogP contribution in [-0.4, -0.2) is 42.8 Å². The molecule has 1 aromatic carbocycles. The molecule has 0 N–H and O–H groups in total. The minimum atomic E-state index is -4.68. The van der Waals surface area contributed by atoms with Crippen molar-refractivity contribution in [3.8, 4) is 0 Å². The molecule has 1 aliphatic heterocycles. The van der Waals surface area contributed by atoms with Gasteiger partial charge in [0.2, 0.25) is 0 Å². The van der Waals surface area contributed by atoms with E-state index in [0.29, 0.717) is 11.0 Å². The van der Waals surface area contributed by atoms with E-state index < -0.39 is 42.0 Å². The third kappa shape index (κ3) is 4.86. The van der Waals surface area contributed by atoms with Crippen LogP contribution in [0.2, 0.25) is 0 Å². The quantitative estimate of drug-likeness (QED) is 0.770. The van der Waals surface area contributed by atoms with Gasteiger partial charge in [0.1, 0.15) is 6.54 Å². The van der Waals surface area contributed by atoms with Gasteiger partial charge in [-0.15, -0.1) is 0 Å². The van der Waals surface area contributed by atoms with E-state index in [2.05, 4.69) is 0 Å². The number of hydrogen-bond acceptors (Lipinski definition) is 2. The summed E-state index contributed by atoms with van der Waals surface area (Å²) >= 11 is 0. The van der Waals surface area contributed by atoms with Gasteiger partial charge in [0, 0.05) is 24.8 Å². The molecule has 0 bridgehead atoms. The highest BCUT2D eigenvalue weighted by atomic mass is 19.4. The number of hydrogen-bond donors (Lipinski definition) is 0. The van der Waals surface area contributed by atoms with E-state index in [0.717, 1.165) is 18.2 Å². The molecule has 0 radical (unpaired) electrons. The fourth-order valence-corrected chi connectivity index (χ4v) is 2.55. The molecule has 0 atom stereocenters. The van der Waals surface area contributed by atoms with Crippen LogP contribution in [0.15, 0.2) is 24.3 Å². The smallest absolute Gasteiger partial charge is 0.381 e. The summed E-state index contributed by atoms with van der Waals surface area (Å²) in [5.74, 6) is -1.06. The predicted octanol–water partition coefficient (Wildman–Crippen LogP) is 3.89. The van der Waals surface area contributed by atoms with E-state index in [1.807, 2.05) is 0 Å². The van der Waals surface area contributed by atoms with Crippen LogP contribution in [0.3, 0.4) is 0 Å². The molecule has 1 aliphatic rings. The third-order valence-electron chi connectivity index (χ3n) is 3.68. The van der Waals surface area contributed by atoms with Gasteiger partial charge in [0.25, 0.3) is 5.91 Å². The highest BCUT2D eigenvalue weighted by Gasteiger charge is 2.38. The number of ether oxygens (including phenoxy) is 1. The molecule has 3 nitrogen and oxygen atoms in total. The lowest BCUT2D eigenvalue weighted by atomic mass is 10.0. The van der Waals surface area contributed by atoms with Crippen LogP contribution < -0.4 is 0 Å². The second-order valence-corrected chi connectivity index (χ2v) is 5.47. The summed E-state index contributed by atoms with van der Waals surface area (Å²) in [7, 11) is 0. The maximum Gasteiger partial charge on any atom is 0.416 e. The summed E-state index contributed by atoms with van der Waals surface area (Å²) in [6.07, 6.45) is -8.90. The van der Waals surface area contributed by atoms with E-state index in [1.165, 1.54) is 0 Å². The Bertz CT molecular complexity index is 578. The second-order valence-electron chi connectivity index (χ2n) is 5.47. The predicted molar refractivity (Wildman–Crippen MR) is 72.4 cm³/mol. The van der Waals surface area contributed by atoms with Gasteiger partial charge < -0.3 is 9.64 Å². The highest BCUT2D eigenvalue weighted by Crippen LogP contribution is 2.30. The minimum Gasteiger partial charge on any atom is -0.381 e. The monoisotopic (exact) mass is 355 g/mol. The number of nitrogens with zero attached hydrogens (tertiary/aromatic N) is 1. The van der Waals surface area contributed by atoms with Gasteiger partial charge in [-0.1, -0.05) is 6.07 Å². The number of carbonyl (C=O) groups excluding carboxylic acids is 1. The summed E-state index contributed by atoms with van der Waals surface area (Å²) in [5.41, 5.74) is -1.49. The molecule has 1 heterocycles. The first-order valence-corrected chi connectivity index (χ1v) is 7.20. The van der Waals surface area contributed by atoms with E-state index >= 15 is 0 Å². The zero-order chi connectivity index (χ0) is 18.0. The van der Waals surface area contributed by atoms with Crippen molar-refractivity contribution in [3.05, 3.63) is 35.4 Å². The Morgan fingerprint density at radius 2 is 1.75 bits per heavy atom. The molecule has 134 valence electrons. The molecule has 0 aromatic heterocycles. The summed E-state index contributed by atoms with van der Waals surface area (Å²) in [6.45, 7) is -1.10. The molecule has 1 amide bonds. The Hall–Kier alpha value is -1.77. The first-order valence-electron chi connectivity index (χ1n) is 7.20. The fourth-order valence-electron chi connectivity index (χ4n) is 2.55. The van der Waals surface area contributed by atoms with Crippen molar-refractivity contribution in [1.82, 2.24) is 4.90 Å². The van der Waals surface area contributed by atoms with Crippen molar-refractivity contribution in [3.63, 3.8) is 0 Å². The lowest BCUT2D eigenvalue weighted by molar-refractivity contribution is -0.147. The van der Waals surface area contributed by atoms with E-state index in [4.69, 9.17) is 4.74 Å². The standard InChI is InChI=1S/C15H15F6NO2/c16-14(17,18)9-22(12-4-6-24-7-5-12)13(23)10-2-1-3-11(8-10)15(19,20)21/h1-3,8,12H,4-7,9H2. The molecule has 1 saturated heterocycles. The maximum absolute atomic E-state index is 12.8. The first-order chi connectivity index (χ1) is 11.1. The Labute approximate surface area is 134 Å². The van der Waals surface area contributed by atoms with Crippen molar-refractivity contribution in [2.24, 2.45) is 0 Å². The van der Waals surface area contributed by atoms with Crippen molar-refractivity contribution < 1.29 is 35.9 Å². The van der Waals surface area contributed by atoms with Crippen LogP contribution in [-0.2, 0) is 10.9 Å². The number of alkyl halides is 6. The molecule has 1 fully saturated rings. The Kier molecular flexibility index (Phi) is 5.42. The Balaban J connectivity index is 2.29. The zero-order valence-corrected chi connectivity index (χ0v) is 12.5. The average Bonchev–Trinajstić information content (AvgIpc) is 2.51. The van der Waals surface area contributed by atoms with Crippen LogP contribution in [0.4, 0.5) is 26.3 Å². The van der Waals surface area contributed by atoms with E-state index in [1.54, 1.807) is 0 Å². The molecule has 2 rings (SSSR count). The third-order valence-corrected chi connectivity index (χ3v) is 3.68. The fraction of sp³-hybridized carbons (Fsp3) is 0.533. The largest absolute Gasteiger partial charge is 0.416 e. The van der Waals surface area contributed by atoms with Gasteiger partial charge in [-0.3, -0.25) is 4.79 Å². The molecule has 0 saturated carbocycles. The maximum atomic E-state index is 12.8. The van der Waals surface area contributed by atoms with Crippen molar-refractivity contribution in [2.75, 3.05) is 19.8 Å². The van der Waals surface area contributed by atoms with Crippen molar-refractivity contribution >= 4 is 5.91 Å². The van der Waals surface area contributed by atoms with Gasteiger partial charge in [-0.25, -0.2) is 0 Å². The van der Waals surface area contributed by atoms with Crippen LogP contribution in [0.5, 0.6) is 0 Å². The molecule has 9 heteroatoms. The molecule has 0 spiro atoms. The molecule has 0 aliphatic carbocycles. The summed E-state index contributed by atoms with van der Waals surface area (Å²) in [5, 5.41) is 0. The summed E-state index contributed by atoms with van der Waals surface area (Å²) in [6, 6.07) is 2.71. The number of amides is 1. The summed E-state index contributed by atoms with van der Waals surface area (Å²) in [4.78, 5) is 13.0. The summed E-state index contributed by atoms with van der Waals surface area (Å²) < 4.78 is 81.7. The second kappa shape index (κ2) is 7.00. The number of carbonyl (C=O) groups is 1. The molecule has 0 unspecified atom stereocenters. The highest BCUT2D eigenvalue weighted by molar-refractivity contribution is 5.94. The Morgan fingerprint density at radius 1 is 1.12 bits per heavy atom. The molecular weight excluding hydrogens is 340 g/mol. The molecular formula is C15H15F6NO2. The van der Waals surface area contributed by atoms with E-state index in [-0.39, 0.29) is 26.1 Å². The van der Waals surface area contributed by atoms with Gasteiger partial charge >= 0.3 is 12.4 Å². The number of rotatable bonds is 3. The minimum absolute atomic E-state index is 0.203. The first kappa shape index (κ1) is 18.6. The van der Waals surface area contributed by atoms with Crippen LogP contribution in [0.25, 0.3) is 0 Å². The van der Waals surface area contributed by atoms with Gasteiger partial charge in [-0.2, -0.15) is 26.3 Å². The van der Waals surface area contributed by atoms with Gasteiger partial charge in [0.05, 0.1) is 5.56 Å². The van der Waals surface area contributed by atoms with Crippen molar-refractivity contribution in [1.29, 1.82) is 0 Å². The van der Waals surface area contributed by atoms with Crippen LogP contribution in [0.1, 0.15) is 28.8 Å². The zero-order valence-electron chi connectivity index (χ0n) is 12.5. The topological polar surface area (TPSA) is 29.5 Å². The molecule has 1 aromatic rings. The van der Waals surface area contributed by atoms with Gasteiger partial charge in [-0.05, 0) is 31.0 Å². The lowest BCUT2D eigenvalue weighted by Gasteiger charge is -2.35. The lowest BCUT2D eigenvalue weighted by Crippen LogP contribution is -2.47. The SMILES string of the molecule is O=C(c1cccc(C(F)(F)F)c1)N(CC(F)(F)F)C1CCOCC1. The normalized spacial score (nSPS) is 16.9. The van der Waals surface area contributed by atoms with E-state index in [9.17, 15) is 31.1 Å². The number of benzene rings is 1.